The molecule has 0 bridgehead atoms. The smallest absolute Gasteiger partial charge is 0.268 e. The molecular formula is C20H20N4O3S2. The van der Waals surface area contributed by atoms with E-state index >= 15 is 0 Å². The van der Waals surface area contributed by atoms with Gasteiger partial charge in [-0.15, -0.1) is 22.7 Å². The molecular weight excluding hydrogens is 408 g/mol. The van der Waals surface area contributed by atoms with E-state index in [1.807, 2.05) is 39.0 Å². The minimum absolute atomic E-state index is 0.107. The first-order chi connectivity index (χ1) is 14.0. The normalized spacial score (nSPS) is 15.8. The van der Waals surface area contributed by atoms with Crippen molar-refractivity contribution in [3.63, 3.8) is 0 Å². The van der Waals surface area contributed by atoms with Gasteiger partial charge in [0.2, 0.25) is 5.91 Å². The van der Waals surface area contributed by atoms with E-state index < -0.39 is 6.10 Å². The first kappa shape index (κ1) is 19.5. The zero-order valence-electron chi connectivity index (χ0n) is 16.3. The Balaban J connectivity index is 1.68. The van der Waals surface area contributed by atoms with Gasteiger partial charge in [-0.05, 0) is 38.5 Å². The quantitative estimate of drug-likeness (QED) is 0.663. The van der Waals surface area contributed by atoms with E-state index in [1.54, 1.807) is 22.9 Å². The first-order valence-electron chi connectivity index (χ1n) is 9.22. The summed E-state index contributed by atoms with van der Waals surface area (Å²) in [7, 11) is 0. The van der Waals surface area contributed by atoms with E-state index in [-0.39, 0.29) is 18.4 Å². The van der Waals surface area contributed by atoms with Gasteiger partial charge >= 0.3 is 0 Å². The van der Waals surface area contributed by atoms with Crippen LogP contribution in [-0.2, 0) is 9.59 Å². The van der Waals surface area contributed by atoms with Crippen LogP contribution in [0.15, 0.2) is 29.8 Å². The van der Waals surface area contributed by atoms with Crippen molar-refractivity contribution in [2.24, 2.45) is 0 Å². The van der Waals surface area contributed by atoms with Crippen molar-refractivity contribution in [1.82, 2.24) is 9.97 Å². The van der Waals surface area contributed by atoms with Gasteiger partial charge in [0, 0.05) is 22.0 Å². The van der Waals surface area contributed by atoms with Gasteiger partial charge in [-0.1, -0.05) is 6.92 Å². The summed E-state index contributed by atoms with van der Waals surface area (Å²) in [6, 6.07) is 5.66. The Hall–Kier alpha value is -2.78. The number of fused-ring (bicyclic) bond motifs is 1. The van der Waals surface area contributed by atoms with E-state index in [2.05, 4.69) is 15.3 Å². The SMILES string of the molecule is CCC1Oc2ccc(-c3nc(C)sc3C)cc2N(CC(=O)Nc2nccs2)C1=O. The molecule has 0 fully saturated rings. The number of aryl methyl sites for hydroxylation is 2. The van der Waals surface area contributed by atoms with Crippen molar-refractivity contribution in [2.75, 3.05) is 16.8 Å². The Morgan fingerprint density at radius 2 is 2.17 bits per heavy atom. The number of anilines is 2. The highest BCUT2D eigenvalue weighted by Crippen LogP contribution is 2.39. The molecule has 29 heavy (non-hydrogen) atoms. The highest BCUT2D eigenvalue weighted by Gasteiger charge is 2.35. The van der Waals surface area contributed by atoms with E-state index in [0.29, 0.717) is 23.0 Å². The second-order valence-electron chi connectivity index (χ2n) is 6.64. The Morgan fingerprint density at radius 1 is 1.34 bits per heavy atom. The lowest BCUT2D eigenvalue weighted by Crippen LogP contribution is -2.48. The molecule has 9 heteroatoms. The summed E-state index contributed by atoms with van der Waals surface area (Å²) in [5.41, 5.74) is 2.35. The molecule has 1 atom stereocenters. The molecule has 7 nitrogen and oxygen atoms in total. The molecule has 0 radical (unpaired) electrons. The number of nitrogens with one attached hydrogen (secondary N) is 1. The van der Waals surface area contributed by atoms with E-state index in [1.165, 1.54) is 16.2 Å². The first-order valence-corrected chi connectivity index (χ1v) is 10.9. The minimum Gasteiger partial charge on any atom is -0.478 e. The predicted molar refractivity (Wildman–Crippen MR) is 115 cm³/mol. The van der Waals surface area contributed by atoms with Crippen molar-refractivity contribution in [2.45, 2.75) is 33.3 Å². The Morgan fingerprint density at radius 3 is 2.83 bits per heavy atom. The number of nitrogens with zero attached hydrogens (tertiary/aromatic N) is 3. The summed E-state index contributed by atoms with van der Waals surface area (Å²) in [6.45, 7) is 5.77. The van der Waals surface area contributed by atoms with Crippen molar-refractivity contribution in [3.8, 4) is 17.0 Å². The topological polar surface area (TPSA) is 84.4 Å². The fourth-order valence-corrected chi connectivity index (χ4v) is 4.66. The zero-order chi connectivity index (χ0) is 20.5. The second kappa shape index (κ2) is 7.92. The highest BCUT2D eigenvalue weighted by molar-refractivity contribution is 7.13. The molecule has 1 N–H and O–H groups in total. The molecule has 0 spiro atoms. The predicted octanol–water partition coefficient (Wildman–Crippen LogP) is 4.03. The van der Waals surface area contributed by atoms with Crippen LogP contribution >= 0.6 is 22.7 Å². The third-order valence-corrected chi connectivity index (χ3v) is 6.16. The summed E-state index contributed by atoms with van der Waals surface area (Å²) in [5.74, 6) is 0.0616. The molecule has 1 aliphatic rings. The molecule has 0 saturated carbocycles. The van der Waals surface area contributed by atoms with Crippen LogP contribution in [0.5, 0.6) is 5.75 Å². The van der Waals surface area contributed by atoms with Crippen molar-refractivity contribution in [3.05, 3.63) is 39.7 Å². The fraction of sp³-hybridized carbons (Fsp3) is 0.300. The molecule has 3 aromatic rings. The standard InChI is InChI=1S/C20H20N4O3S2/c1-4-15-19(26)24(10-17(25)23-20-21-7-8-28-20)14-9-13(5-6-16(14)27-15)18-11(2)29-12(3)22-18/h5-9,15H,4,10H2,1-3H3,(H,21,23,25). The molecule has 3 heterocycles. The summed E-state index contributed by atoms with van der Waals surface area (Å²) in [4.78, 5) is 36.8. The van der Waals surface area contributed by atoms with Crippen LogP contribution in [0.3, 0.4) is 0 Å². The Bertz CT molecular complexity index is 1060. The number of carbonyl (C=O) groups is 2. The number of amides is 2. The van der Waals surface area contributed by atoms with Crippen LogP contribution in [0, 0.1) is 13.8 Å². The largest absolute Gasteiger partial charge is 0.478 e. The average molecular weight is 429 g/mol. The van der Waals surface area contributed by atoms with Gasteiger partial charge < -0.3 is 10.1 Å². The van der Waals surface area contributed by atoms with Gasteiger partial charge in [-0.2, -0.15) is 0 Å². The minimum atomic E-state index is -0.607. The van der Waals surface area contributed by atoms with Gasteiger partial charge in [0.1, 0.15) is 12.3 Å². The fourth-order valence-electron chi connectivity index (χ4n) is 3.28. The third kappa shape index (κ3) is 3.88. The van der Waals surface area contributed by atoms with E-state index in [0.717, 1.165) is 21.1 Å². The number of aromatic nitrogens is 2. The summed E-state index contributed by atoms with van der Waals surface area (Å²) in [5, 5.41) is 6.00. The molecule has 4 rings (SSSR count). The van der Waals surface area contributed by atoms with Crippen molar-refractivity contribution < 1.29 is 14.3 Å². The Kier molecular flexibility index (Phi) is 5.33. The molecule has 1 unspecified atom stereocenters. The number of ether oxygens (including phenoxy) is 1. The maximum Gasteiger partial charge on any atom is 0.268 e. The van der Waals surface area contributed by atoms with Gasteiger partial charge in [0.15, 0.2) is 11.2 Å². The van der Waals surface area contributed by atoms with Crippen LogP contribution in [0.2, 0.25) is 0 Å². The van der Waals surface area contributed by atoms with Crippen LogP contribution in [0.4, 0.5) is 10.8 Å². The number of benzene rings is 1. The van der Waals surface area contributed by atoms with E-state index in [9.17, 15) is 9.59 Å². The van der Waals surface area contributed by atoms with Crippen molar-refractivity contribution >= 4 is 45.3 Å². The van der Waals surface area contributed by atoms with Crippen LogP contribution in [0.1, 0.15) is 23.2 Å². The molecule has 150 valence electrons. The van der Waals surface area contributed by atoms with Crippen molar-refractivity contribution in [1.29, 1.82) is 0 Å². The van der Waals surface area contributed by atoms with Crippen LogP contribution in [0.25, 0.3) is 11.3 Å². The monoisotopic (exact) mass is 428 g/mol. The lowest BCUT2D eigenvalue weighted by Gasteiger charge is -2.34. The number of carbonyl (C=O) groups excluding carboxylic acids is 2. The van der Waals surface area contributed by atoms with E-state index in [4.69, 9.17) is 4.74 Å². The Labute approximate surface area is 176 Å². The molecule has 1 aromatic carbocycles. The zero-order valence-corrected chi connectivity index (χ0v) is 17.9. The lowest BCUT2D eigenvalue weighted by atomic mass is 10.1. The molecule has 2 aromatic heterocycles. The summed E-state index contributed by atoms with van der Waals surface area (Å²) in [6.07, 6.45) is 1.53. The van der Waals surface area contributed by atoms with Crippen LogP contribution in [-0.4, -0.2) is 34.4 Å². The second-order valence-corrected chi connectivity index (χ2v) is 8.95. The maximum absolute atomic E-state index is 13.0. The molecule has 0 aliphatic carbocycles. The maximum atomic E-state index is 13.0. The van der Waals surface area contributed by atoms with Gasteiger partial charge in [0.05, 0.1) is 16.4 Å². The third-order valence-electron chi connectivity index (χ3n) is 4.59. The number of hydrogen-bond acceptors (Lipinski definition) is 7. The molecule has 2 amide bonds. The summed E-state index contributed by atoms with van der Waals surface area (Å²) >= 11 is 2.96. The molecule has 1 aliphatic heterocycles. The summed E-state index contributed by atoms with van der Waals surface area (Å²) < 4.78 is 5.89. The van der Waals surface area contributed by atoms with Gasteiger partial charge in [0.25, 0.3) is 5.91 Å². The lowest BCUT2D eigenvalue weighted by molar-refractivity contribution is -0.128. The number of thiazole rings is 2. The number of hydrogen-bond donors (Lipinski definition) is 1. The van der Waals surface area contributed by atoms with Gasteiger partial charge in [-0.25, -0.2) is 9.97 Å². The van der Waals surface area contributed by atoms with Crippen LogP contribution < -0.4 is 15.0 Å². The molecule has 0 saturated heterocycles. The average Bonchev–Trinajstić information content (AvgIpc) is 3.32. The number of rotatable bonds is 5. The van der Waals surface area contributed by atoms with Gasteiger partial charge in [-0.3, -0.25) is 14.5 Å². The highest BCUT2D eigenvalue weighted by atomic mass is 32.1.